The maximum Gasteiger partial charge on any atom is 0.196 e. The standard InChI is InChI=1S/C21H20N4O3S/c1-14-11-16(24-28-14)13-29-21-23-22-20(15-7-5-4-6-8-15)25(21)17-9-10-18(26-2)19(12-17)27-3/h4-12H,13H2,1-3H3. The molecule has 29 heavy (non-hydrogen) atoms. The molecular formula is C21H20N4O3S. The van der Waals surface area contributed by atoms with Crippen molar-refractivity contribution in [2.45, 2.75) is 17.8 Å². The Morgan fingerprint density at radius 3 is 2.45 bits per heavy atom. The van der Waals surface area contributed by atoms with Crippen molar-refractivity contribution >= 4 is 11.8 Å². The average Bonchev–Trinajstić information content (AvgIpc) is 3.38. The van der Waals surface area contributed by atoms with Gasteiger partial charge in [-0.05, 0) is 19.1 Å². The third kappa shape index (κ3) is 3.97. The summed E-state index contributed by atoms with van der Waals surface area (Å²) in [5, 5.41) is 13.7. The van der Waals surface area contributed by atoms with E-state index in [1.165, 1.54) is 0 Å². The molecule has 0 unspecified atom stereocenters. The second-order valence-corrected chi connectivity index (χ2v) is 7.21. The van der Waals surface area contributed by atoms with Gasteiger partial charge < -0.3 is 14.0 Å². The predicted octanol–water partition coefficient (Wildman–Crippen LogP) is 4.54. The summed E-state index contributed by atoms with van der Waals surface area (Å²) >= 11 is 1.54. The molecule has 0 aliphatic heterocycles. The van der Waals surface area contributed by atoms with Crippen LogP contribution in [0.2, 0.25) is 0 Å². The van der Waals surface area contributed by atoms with Crippen molar-refractivity contribution in [3.63, 3.8) is 0 Å². The Labute approximate surface area is 172 Å². The zero-order valence-electron chi connectivity index (χ0n) is 16.3. The van der Waals surface area contributed by atoms with Crippen molar-refractivity contribution in [2.75, 3.05) is 14.2 Å². The molecule has 0 fully saturated rings. The Hall–Kier alpha value is -3.26. The van der Waals surface area contributed by atoms with Crippen LogP contribution in [0, 0.1) is 6.92 Å². The molecule has 0 N–H and O–H groups in total. The number of benzene rings is 2. The molecular weight excluding hydrogens is 388 g/mol. The molecule has 0 saturated heterocycles. The molecule has 2 aromatic carbocycles. The first-order chi connectivity index (χ1) is 14.2. The molecule has 0 aliphatic carbocycles. The Morgan fingerprint density at radius 2 is 1.76 bits per heavy atom. The van der Waals surface area contributed by atoms with Gasteiger partial charge in [0.05, 0.1) is 25.6 Å². The lowest BCUT2D eigenvalue weighted by Crippen LogP contribution is -2.01. The summed E-state index contributed by atoms with van der Waals surface area (Å²) < 4.78 is 18.0. The summed E-state index contributed by atoms with van der Waals surface area (Å²) in [7, 11) is 3.24. The Bertz CT molecular complexity index is 1110. The van der Waals surface area contributed by atoms with E-state index in [1.807, 2.05) is 66.1 Å². The van der Waals surface area contributed by atoms with E-state index in [1.54, 1.807) is 26.0 Å². The molecule has 148 valence electrons. The van der Waals surface area contributed by atoms with Crippen LogP contribution in [0.1, 0.15) is 11.5 Å². The third-order valence-corrected chi connectivity index (χ3v) is 5.28. The van der Waals surface area contributed by atoms with E-state index in [-0.39, 0.29) is 0 Å². The zero-order chi connectivity index (χ0) is 20.2. The second kappa shape index (κ2) is 8.40. The highest BCUT2D eigenvalue weighted by Gasteiger charge is 2.18. The number of methoxy groups -OCH3 is 2. The van der Waals surface area contributed by atoms with E-state index >= 15 is 0 Å². The summed E-state index contributed by atoms with van der Waals surface area (Å²) in [6.07, 6.45) is 0. The minimum atomic E-state index is 0.623. The first-order valence-electron chi connectivity index (χ1n) is 8.98. The molecule has 8 heteroatoms. The van der Waals surface area contributed by atoms with E-state index in [0.717, 1.165) is 33.7 Å². The van der Waals surface area contributed by atoms with Crippen molar-refractivity contribution in [3.8, 4) is 28.6 Å². The molecule has 4 rings (SSSR count). The molecule has 0 saturated carbocycles. The van der Waals surface area contributed by atoms with Gasteiger partial charge in [0.25, 0.3) is 0 Å². The van der Waals surface area contributed by atoms with Gasteiger partial charge in [0.1, 0.15) is 5.76 Å². The van der Waals surface area contributed by atoms with E-state index in [0.29, 0.717) is 17.3 Å². The monoisotopic (exact) mass is 408 g/mol. The maximum atomic E-state index is 5.48. The first kappa shape index (κ1) is 19.1. The normalized spacial score (nSPS) is 10.9. The summed E-state index contributed by atoms with van der Waals surface area (Å²) in [4.78, 5) is 0. The molecule has 2 aromatic heterocycles. The van der Waals surface area contributed by atoms with Crippen LogP contribution in [-0.4, -0.2) is 34.1 Å². The fourth-order valence-corrected chi connectivity index (χ4v) is 3.79. The van der Waals surface area contributed by atoms with Crippen LogP contribution in [0.4, 0.5) is 0 Å². The van der Waals surface area contributed by atoms with Crippen molar-refractivity contribution in [3.05, 3.63) is 66.1 Å². The topological polar surface area (TPSA) is 75.2 Å². The molecule has 2 heterocycles. The van der Waals surface area contributed by atoms with Gasteiger partial charge in [0.15, 0.2) is 22.5 Å². The molecule has 4 aromatic rings. The summed E-state index contributed by atoms with van der Waals surface area (Å²) in [5.74, 6) is 3.46. The highest BCUT2D eigenvalue weighted by Crippen LogP contribution is 2.34. The van der Waals surface area contributed by atoms with Crippen molar-refractivity contribution in [1.29, 1.82) is 0 Å². The molecule has 0 radical (unpaired) electrons. The van der Waals surface area contributed by atoms with Gasteiger partial charge in [0.2, 0.25) is 0 Å². The number of rotatable bonds is 7. The highest BCUT2D eigenvalue weighted by atomic mass is 32.2. The van der Waals surface area contributed by atoms with Gasteiger partial charge in [-0.2, -0.15) is 0 Å². The predicted molar refractivity (Wildman–Crippen MR) is 111 cm³/mol. The fraction of sp³-hybridized carbons (Fsp3) is 0.190. The Morgan fingerprint density at radius 1 is 0.966 bits per heavy atom. The van der Waals surface area contributed by atoms with Crippen LogP contribution >= 0.6 is 11.8 Å². The molecule has 0 atom stereocenters. The van der Waals surface area contributed by atoms with Crippen LogP contribution in [0.25, 0.3) is 17.1 Å². The zero-order valence-corrected chi connectivity index (χ0v) is 17.1. The highest BCUT2D eigenvalue weighted by molar-refractivity contribution is 7.98. The number of hydrogen-bond acceptors (Lipinski definition) is 7. The molecule has 0 bridgehead atoms. The lowest BCUT2D eigenvalue weighted by molar-refractivity contribution is 0.355. The summed E-state index contributed by atoms with van der Waals surface area (Å²) in [5.41, 5.74) is 2.71. The van der Waals surface area contributed by atoms with Gasteiger partial charge in [-0.15, -0.1) is 10.2 Å². The van der Waals surface area contributed by atoms with Crippen LogP contribution < -0.4 is 9.47 Å². The van der Waals surface area contributed by atoms with Crippen LogP contribution in [-0.2, 0) is 5.75 Å². The van der Waals surface area contributed by atoms with E-state index in [9.17, 15) is 0 Å². The molecule has 0 amide bonds. The smallest absolute Gasteiger partial charge is 0.196 e. The molecule has 7 nitrogen and oxygen atoms in total. The van der Waals surface area contributed by atoms with Gasteiger partial charge >= 0.3 is 0 Å². The van der Waals surface area contributed by atoms with E-state index in [2.05, 4.69) is 15.4 Å². The molecule has 0 aliphatic rings. The van der Waals surface area contributed by atoms with Crippen molar-refractivity contribution in [1.82, 2.24) is 19.9 Å². The quantitative estimate of drug-likeness (QED) is 0.416. The Balaban J connectivity index is 1.77. The van der Waals surface area contributed by atoms with E-state index in [4.69, 9.17) is 14.0 Å². The lowest BCUT2D eigenvalue weighted by atomic mass is 10.2. The van der Waals surface area contributed by atoms with Gasteiger partial charge in [0, 0.05) is 23.4 Å². The largest absolute Gasteiger partial charge is 0.493 e. The number of hydrogen-bond donors (Lipinski definition) is 0. The number of ether oxygens (including phenoxy) is 2. The van der Waals surface area contributed by atoms with Gasteiger partial charge in [-0.1, -0.05) is 47.3 Å². The van der Waals surface area contributed by atoms with E-state index < -0.39 is 0 Å². The van der Waals surface area contributed by atoms with Crippen LogP contribution in [0.3, 0.4) is 0 Å². The lowest BCUT2D eigenvalue weighted by Gasteiger charge is -2.13. The Kier molecular flexibility index (Phi) is 5.53. The first-order valence-corrected chi connectivity index (χ1v) is 9.96. The number of aromatic nitrogens is 4. The SMILES string of the molecule is COc1ccc(-n2c(SCc3cc(C)on3)nnc2-c2ccccc2)cc1OC. The second-order valence-electron chi connectivity index (χ2n) is 6.26. The number of aryl methyl sites for hydroxylation is 1. The minimum Gasteiger partial charge on any atom is -0.493 e. The molecule has 0 spiro atoms. The van der Waals surface area contributed by atoms with Gasteiger partial charge in [-0.25, -0.2) is 0 Å². The summed E-state index contributed by atoms with van der Waals surface area (Å²) in [6, 6.07) is 17.6. The number of thioether (sulfide) groups is 1. The summed E-state index contributed by atoms with van der Waals surface area (Å²) in [6.45, 7) is 1.88. The third-order valence-electron chi connectivity index (χ3n) is 4.32. The van der Waals surface area contributed by atoms with Crippen molar-refractivity contribution < 1.29 is 14.0 Å². The number of nitrogens with zero attached hydrogens (tertiary/aromatic N) is 4. The van der Waals surface area contributed by atoms with Crippen molar-refractivity contribution in [2.24, 2.45) is 0 Å². The fourth-order valence-electron chi connectivity index (χ4n) is 2.96. The van der Waals surface area contributed by atoms with Crippen LogP contribution in [0.15, 0.2) is 64.3 Å². The average molecular weight is 408 g/mol. The van der Waals surface area contributed by atoms with Gasteiger partial charge in [-0.3, -0.25) is 4.57 Å². The van der Waals surface area contributed by atoms with Crippen LogP contribution in [0.5, 0.6) is 11.5 Å². The maximum absolute atomic E-state index is 5.48. The minimum absolute atomic E-state index is 0.623.